The number of hydrogen-bond acceptors (Lipinski definition) is 3. The normalized spacial score (nSPS) is 14.6. The van der Waals surface area contributed by atoms with Gasteiger partial charge in [-0.2, -0.15) is 5.26 Å². The highest BCUT2D eigenvalue weighted by molar-refractivity contribution is 5.69. The molecule has 0 amide bonds. The van der Waals surface area contributed by atoms with Crippen molar-refractivity contribution in [1.29, 1.82) is 5.26 Å². The summed E-state index contributed by atoms with van der Waals surface area (Å²) in [6.07, 6.45) is 3.68. The standard InChI is InChI=1S/C18H21N3O/c1-2-22-16-8-6-14(7-9-16)17-12-15(13-19)18(20-17)21-10-4-3-5-11-21/h6-9,12,20H,2-5,10-11H2,1H3. The van der Waals surface area contributed by atoms with E-state index in [1.807, 2.05) is 37.3 Å². The van der Waals surface area contributed by atoms with Gasteiger partial charge in [-0.25, -0.2) is 0 Å². The van der Waals surface area contributed by atoms with Crippen LogP contribution in [0.4, 0.5) is 5.82 Å². The van der Waals surface area contributed by atoms with E-state index in [-0.39, 0.29) is 0 Å². The Morgan fingerprint density at radius 1 is 1.18 bits per heavy atom. The van der Waals surface area contributed by atoms with Crippen LogP contribution < -0.4 is 9.64 Å². The lowest BCUT2D eigenvalue weighted by atomic mass is 10.1. The van der Waals surface area contributed by atoms with Gasteiger partial charge in [0.1, 0.15) is 17.6 Å². The molecule has 0 unspecified atom stereocenters. The van der Waals surface area contributed by atoms with Crippen molar-refractivity contribution < 1.29 is 4.74 Å². The molecule has 3 rings (SSSR count). The van der Waals surface area contributed by atoms with E-state index >= 15 is 0 Å². The van der Waals surface area contributed by atoms with Crippen molar-refractivity contribution in [3.63, 3.8) is 0 Å². The number of anilines is 1. The van der Waals surface area contributed by atoms with Crippen LogP contribution in [-0.4, -0.2) is 24.7 Å². The van der Waals surface area contributed by atoms with E-state index < -0.39 is 0 Å². The molecule has 0 aliphatic carbocycles. The molecular weight excluding hydrogens is 274 g/mol. The van der Waals surface area contributed by atoms with Crippen LogP contribution in [0.25, 0.3) is 11.3 Å². The highest BCUT2D eigenvalue weighted by Gasteiger charge is 2.17. The smallest absolute Gasteiger partial charge is 0.124 e. The Labute approximate surface area is 131 Å². The van der Waals surface area contributed by atoms with Gasteiger partial charge in [0.15, 0.2) is 0 Å². The molecule has 1 N–H and O–H groups in total. The van der Waals surface area contributed by atoms with Crippen LogP contribution in [0.2, 0.25) is 0 Å². The van der Waals surface area contributed by atoms with Crippen LogP contribution in [0.3, 0.4) is 0 Å². The molecule has 1 aromatic heterocycles. The lowest BCUT2D eigenvalue weighted by Crippen LogP contribution is -2.30. The van der Waals surface area contributed by atoms with Gasteiger partial charge in [-0.05, 0) is 62.1 Å². The van der Waals surface area contributed by atoms with Crippen molar-refractivity contribution in [3.8, 4) is 23.1 Å². The van der Waals surface area contributed by atoms with E-state index in [4.69, 9.17) is 4.74 Å². The molecule has 1 aliphatic rings. The molecule has 22 heavy (non-hydrogen) atoms. The fourth-order valence-corrected chi connectivity index (χ4v) is 2.95. The number of aromatic amines is 1. The predicted molar refractivity (Wildman–Crippen MR) is 88.2 cm³/mol. The van der Waals surface area contributed by atoms with Gasteiger partial charge < -0.3 is 14.6 Å². The first kappa shape index (κ1) is 14.5. The summed E-state index contributed by atoms with van der Waals surface area (Å²) in [6.45, 7) is 4.69. The lowest BCUT2D eigenvalue weighted by Gasteiger charge is -2.27. The second-order valence-corrected chi connectivity index (χ2v) is 5.56. The maximum atomic E-state index is 9.41. The largest absolute Gasteiger partial charge is 0.494 e. The summed E-state index contributed by atoms with van der Waals surface area (Å²) >= 11 is 0. The number of nitriles is 1. The Morgan fingerprint density at radius 2 is 1.91 bits per heavy atom. The van der Waals surface area contributed by atoms with E-state index in [0.717, 1.165) is 41.5 Å². The summed E-state index contributed by atoms with van der Waals surface area (Å²) in [5.41, 5.74) is 2.79. The fraction of sp³-hybridized carbons (Fsp3) is 0.389. The number of nitrogens with zero attached hydrogens (tertiary/aromatic N) is 2. The van der Waals surface area contributed by atoms with Gasteiger partial charge in [-0.15, -0.1) is 0 Å². The van der Waals surface area contributed by atoms with Gasteiger partial charge in [0, 0.05) is 18.8 Å². The molecule has 1 fully saturated rings. The van der Waals surface area contributed by atoms with Gasteiger partial charge in [-0.3, -0.25) is 0 Å². The Hall–Kier alpha value is -2.41. The molecule has 1 aliphatic heterocycles. The summed E-state index contributed by atoms with van der Waals surface area (Å²) in [5, 5.41) is 9.41. The molecule has 0 saturated carbocycles. The van der Waals surface area contributed by atoms with Crippen molar-refractivity contribution in [1.82, 2.24) is 4.98 Å². The maximum Gasteiger partial charge on any atom is 0.124 e. The highest BCUT2D eigenvalue weighted by atomic mass is 16.5. The lowest BCUT2D eigenvalue weighted by molar-refractivity contribution is 0.340. The van der Waals surface area contributed by atoms with Crippen molar-refractivity contribution in [3.05, 3.63) is 35.9 Å². The molecular formula is C18H21N3O. The van der Waals surface area contributed by atoms with E-state index in [1.54, 1.807) is 0 Å². The fourth-order valence-electron chi connectivity index (χ4n) is 2.95. The minimum absolute atomic E-state index is 0.666. The minimum atomic E-state index is 0.666. The van der Waals surface area contributed by atoms with E-state index in [2.05, 4.69) is 16.0 Å². The molecule has 4 heteroatoms. The Morgan fingerprint density at radius 3 is 2.55 bits per heavy atom. The van der Waals surface area contributed by atoms with Crippen LogP contribution in [0.15, 0.2) is 30.3 Å². The number of nitrogens with one attached hydrogen (secondary N) is 1. The van der Waals surface area contributed by atoms with Crippen molar-refractivity contribution in [2.75, 3.05) is 24.6 Å². The van der Waals surface area contributed by atoms with E-state index in [0.29, 0.717) is 6.61 Å². The average molecular weight is 295 g/mol. The minimum Gasteiger partial charge on any atom is -0.494 e. The summed E-state index contributed by atoms with van der Waals surface area (Å²) < 4.78 is 5.47. The highest BCUT2D eigenvalue weighted by Crippen LogP contribution is 2.29. The summed E-state index contributed by atoms with van der Waals surface area (Å²) in [7, 11) is 0. The molecule has 1 aromatic carbocycles. The first-order chi connectivity index (χ1) is 10.8. The zero-order chi connectivity index (χ0) is 15.4. The first-order valence-electron chi connectivity index (χ1n) is 7.93. The second-order valence-electron chi connectivity index (χ2n) is 5.56. The van der Waals surface area contributed by atoms with Gasteiger partial charge in [0.05, 0.1) is 12.2 Å². The van der Waals surface area contributed by atoms with Crippen LogP contribution in [-0.2, 0) is 0 Å². The molecule has 0 bridgehead atoms. The third kappa shape index (κ3) is 2.94. The molecule has 0 atom stereocenters. The molecule has 2 aromatic rings. The monoisotopic (exact) mass is 295 g/mol. The van der Waals surface area contributed by atoms with Crippen LogP contribution in [0.5, 0.6) is 5.75 Å². The van der Waals surface area contributed by atoms with Gasteiger partial charge in [-0.1, -0.05) is 0 Å². The summed E-state index contributed by atoms with van der Waals surface area (Å²) in [5.74, 6) is 1.83. The predicted octanol–water partition coefficient (Wildman–Crippen LogP) is 3.94. The Bertz CT molecular complexity index is 661. The molecule has 4 nitrogen and oxygen atoms in total. The average Bonchev–Trinajstić information content (AvgIpc) is 3.01. The summed E-state index contributed by atoms with van der Waals surface area (Å²) in [4.78, 5) is 5.72. The number of aromatic nitrogens is 1. The number of rotatable bonds is 4. The third-order valence-electron chi connectivity index (χ3n) is 4.07. The van der Waals surface area contributed by atoms with Crippen LogP contribution in [0.1, 0.15) is 31.7 Å². The molecule has 2 heterocycles. The zero-order valence-electron chi connectivity index (χ0n) is 12.9. The number of benzene rings is 1. The summed E-state index contributed by atoms with van der Waals surface area (Å²) in [6, 6.07) is 12.2. The Balaban J connectivity index is 1.88. The third-order valence-corrected chi connectivity index (χ3v) is 4.07. The van der Waals surface area contributed by atoms with E-state index in [9.17, 15) is 5.26 Å². The van der Waals surface area contributed by atoms with Crippen LogP contribution >= 0.6 is 0 Å². The van der Waals surface area contributed by atoms with Crippen molar-refractivity contribution in [2.24, 2.45) is 0 Å². The number of ether oxygens (including phenoxy) is 1. The SMILES string of the molecule is CCOc1ccc(-c2cc(C#N)c(N3CCCCC3)[nH]2)cc1. The van der Waals surface area contributed by atoms with Crippen molar-refractivity contribution in [2.45, 2.75) is 26.2 Å². The molecule has 0 spiro atoms. The van der Waals surface area contributed by atoms with Gasteiger partial charge >= 0.3 is 0 Å². The number of hydrogen-bond donors (Lipinski definition) is 1. The maximum absolute atomic E-state index is 9.41. The van der Waals surface area contributed by atoms with Crippen LogP contribution in [0, 0.1) is 11.3 Å². The van der Waals surface area contributed by atoms with Crippen molar-refractivity contribution >= 4 is 5.82 Å². The second kappa shape index (κ2) is 6.57. The first-order valence-corrected chi connectivity index (χ1v) is 7.93. The number of H-pyrrole nitrogens is 1. The van der Waals surface area contributed by atoms with Gasteiger partial charge in [0.25, 0.3) is 0 Å². The van der Waals surface area contributed by atoms with E-state index in [1.165, 1.54) is 19.3 Å². The topological polar surface area (TPSA) is 52.0 Å². The zero-order valence-corrected chi connectivity index (χ0v) is 12.9. The Kier molecular flexibility index (Phi) is 4.34. The molecule has 1 saturated heterocycles. The number of piperidine rings is 1. The van der Waals surface area contributed by atoms with Gasteiger partial charge in [0.2, 0.25) is 0 Å². The molecule has 114 valence electrons. The quantitative estimate of drug-likeness (QED) is 0.929. The molecule has 0 radical (unpaired) electrons.